The summed E-state index contributed by atoms with van der Waals surface area (Å²) in [7, 11) is 0. The minimum atomic E-state index is -0.384. The van der Waals surface area contributed by atoms with Gasteiger partial charge in [-0.25, -0.2) is 9.59 Å². The number of ether oxygens (including phenoxy) is 4. The number of carbonyl (C=O) groups excluding carboxylic acids is 2. The molecule has 2 aliphatic rings. The minimum absolute atomic E-state index is 0.142. The zero-order valence-corrected chi connectivity index (χ0v) is 12.3. The largest absolute Gasteiger partial charge is 0.460 e. The van der Waals surface area contributed by atoms with Crippen molar-refractivity contribution < 1.29 is 28.5 Å². The number of hydrogen-bond acceptors (Lipinski definition) is 6. The van der Waals surface area contributed by atoms with Gasteiger partial charge in [-0.2, -0.15) is 0 Å². The first kappa shape index (κ1) is 19.1. The van der Waals surface area contributed by atoms with E-state index in [-0.39, 0.29) is 24.1 Å². The molecular weight excluding hydrogens is 276 g/mol. The van der Waals surface area contributed by atoms with Crippen molar-refractivity contribution in [3.05, 3.63) is 38.0 Å². The maximum absolute atomic E-state index is 10.7. The Balaban J connectivity index is 0.000000342. The van der Waals surface area contributed by atoms with E-state index < -0.39 is 0 Å². The van der Waals surface area contributed by atoms with Gasteiger partial charge in [-0.1, -0.05) is 13.2 Å². The van der Waals surface area contributed by atoms with Gasteiger partial charge in [-0.15, -0.1) is 13.2 Å². The van der Waals surface area contributed by atoms with Crippen LogP contribution in [0.3, 0.4) is 0 Å². The highest BCUT2D eigenvalue weighted by Crippen LogP contribution is 2.09. The Kier molecular flexibility index (Phi) is 9.83. The molecule has 0 aromatic rings. The highest BCUT2D eigenvalue weighted by atomic mass is 16.6. The minimum Gasteiger partial charge on any atom is -0.460 e. The van der Waals surface area contributed by atoms with Crippen LogP contribution < -0.4 is 0 Å². The van der Waals surface area contributed by atoms with Gasteiger partial charge in [0.1, 0.15) is 25.4 Å². The molecule has 2 heterocycles. The summed E-state index contributed by atoms with van der Waals surface area (Å²) < 4.78 is 19.0. The van der Waals surface area contributed by atoms with Crippen LogP contribution >= 0.6 is 0 Å². The second kappa shape index (κ2) is 10.8. The molecule has 6 nitrogen and oxygen atoms in total. The molecule has 0 aliphatic carbocycles. The van der Waals surface area contributed by atoms with Crippen LogP contribution in [-0.4, -0.2) is 50.6 Å². The lowest BCUT2D eigenvalue weighted by Crippen LogP contribution is -2.09. The van der Waals surface area contributed by atoms with E-state index in [1.54, 1.807) is 6.92 Å². The van der Waals surface area contributed by atoms with Gasteiger partial charge in [0, 0.05) is 11.6 Å². The lowest BCUT2D eigenvalue weighted by molar-refractivity contribution is -0.139. The third-order valence-electron chi connectivity index (χ3n) is 2.13. The zero-order valence-electron chi connectivity index (χ0n) is 12.3. The standard InChI is InChI=1S/C7H10O3.C6H8O3.C2H4/c1-5(2)7(8)10-4-6-3-9-6;1-2-6(7)9-4-5-3-8-5;1-2/h6H,1,3-4H2,2H3;2,5H,1,3-4H2;1-2H2. The molecule has 6 heteroatoms. The summed E-state index contributed by atoms with van der Waals surface area (Å²) in [6, 6.07) is 0. The lowest BCUT2D eigenvalue weighted by atomic mass is 10.4. The molecule has 0 radical (unpaired) electrons. The van der Waals surface area contributed by atoms with E-state index in [1.165, 1.54) is 0 Å². The Morgan fingerprint density at radius 3 is 1.90 bits per heavy atom. The average Bonchev–Trinajstić information content (AvgIpc) is 3.39. The molecule has 118 valence electrons. The van der Waals surface area contributed by atoms with Gasteiger partial charge in [0.2, 0.25) is 0 Å². The first-order chi connectivity index (χ1) is 10.0. The molecule has 0 bridgehead atoms. The maximum atomic E-state index is 10.7. The second-order valence-electron chi connectivity index (χ2n) is 4.12. The van der Waals surface area contributed by atoms with E-state index in [1.807, 2.05) is 0 Å². The van der Waals surface area contributed by atoms with Crippen molar-refractivity contribution in [3.63, 3.8) is 0 Å². The molecule has 2 rings (SSSR count). The summed E-state index contributed by atoms with van der Waals surface area (Å²) in [5.41, 5.74) is 0.431. The highest BCUT2D eigenvalue weighted by Gasteiger charge is 2.24. The van der Waals surface area contributed by atoms with Gasteiger partial charge >= 0.3 is 11.9 Å². The van der Waals surface area contributed by atoms with Gasteiger partial charge < -0.3 is 18.9 Å². The molecule has 2 aliphatic heterocycles. The van der Waals surface area contributed by atoms with E-state index in [4.69, 9.17) is 14.2 Å². The molecule has 21 heavy (non-hydrogen) atoms. The summed E-state index contributed by atoms with van der Waals surface area (Å²) in [4.78, 5) is 21.0. The molecule has 0 saturated carbocycles. The van der Waals surface area contributed by atoms with Crippen molar-refractivity contribution in [2.45, 2.75) is 19.1 Å². The van der Waals surface area contributed by atoms with E-state index in [0.29, 0.717) is 32.0 Å². The second-order valence-corrected chi connectivity index (χ2v) is 4.12. The number of esters is 2. The summed E-state index contributed by atoms with van der Waals surface area (Å²) >= 11 is 0. The number of hydrogen-bond donors (Lipinski definition) is 0. The van der Waals surface area contributed by atoms with Crippen LogP contribution in [0.25, 0.3) is 0 Å². The zero-order chi connectivity index (χ0) is 16.3. The van der Waals surface area contributed by atoms with Gasteiger partial charge in [0.15, 0.2) is 0 Å². The summed E-state index contributed by atoms with van der Waals surface area (Å²) in [5.74, 6) is -0.721. The van der Waals surface area contributed by atoms with Gasteiger partial charge in [0.25, 0.3) is 0 Å². The Morgan fingerprint density at radius 1 is 1.14 bits per heavy atom. The van der Waals surface area contributed by atoms with E-state index in [0.717, 1.165) is 6.08 Å². The third-order valence-corrected chi connectivity index (χ3v) is 2.13. The SMILES string of the molecule is C=C.C=C(C)C(=O)OCC1CO1.C=CC(=O)OCC1CO1. The molecule has 0 aromatic heterocycles. The first-order valence-corrected chi connectivity index (χ1v) is 6.38. The monoisotopic (exact) mass is 298 g/mol. The van der Waals surface area contributed by atoms with Crippen molar-refractivity contribution in [1.29, 1.82) is 0 Å². The highest BCUT2D eigenvalue weighted by molar-refractivity contribution is 5.86. The molecule has 2 atom stereocenters. The number of rotatable bonds is 6. The molecule has 2 saturated heterocycles. The fourth-order valence-electron chi connectivity index (χ4n) is 0.854. The first-order valence-electron chi connectivity index (χ1n) is 6.38. The van der Waals surface area contributed by atoms with Crippen LogP contribution in [0, 0.1) is 0 Å². The topological polar surface area (TPSA) is 77.7 Å². The Morgan fingerprint density at radius 2 is 1.57 bits per heavy atom. The fraction of sp³-hybridized carbons (Fsp3) is 0.467. The molecule has 0 N–H and O–H groups in total. The van der Waals surface area contributed by atoms with Gasteiger partial charge in [-0.05, 0) is 6.92 Å². The smallest absolute Gasteiger partial charge is 0.333 e. The van der Waals surface area contributed by atoms with Crippen LogP contribution in [0.15, 0.2) is 38.0 Å². The molecule has 2 unspecified atom stereocenters. The van der Waals surface area contributed by atoms with Crippen molar-refractivity contribution in [3.8, 4) is 0 Å². The van der Waals surface area contributed by atoms with Crippen LogP contribution in [0.5, 0.6) is 0 Å². The molecular formula is C15H22O6. The molecule has 0 aromatic carbocycles. The van der Waals surface area contributed by atoms with Crippen molar-refractivity contribution in [1.82, 2.24) is 0 Å². The normalized spacial score (nSPS) is 20.4. The predicted molar refractivity (Wildman–Crippen MR) is 77.7 cm³/mol. The van der Waals surface area contributed by atoms with Crippen LogP contribution in [-0.2, 0) is 28.5 Å². The number of epoxide rings is 2. The van der Waals surface area contributed by atoms with Crippen molar-refractivity contribution in [2.75, 3.05) is 26.4 Å². The molecule has 0 amide bonds. The Labute approximate surface area is 125 Å². The molecule has 2 fully saturated rings. The number of carbonyl (C=O) groups is 2. The quantitative estimate of drug-likeness (QED) is 0.319. The Bertz CT molecular complexity index is 368. The summed E-state index contributed by atoms with van der Waals surface area (Å²) in [5, 5.41) is 0. The van der Waals surface area contributed by atoms with Gasteiger partial charge in [-0.3, -0.25) is 0 Å². The fourth-order valence-corrected chi connectivity index (χ4v) is 0.854. The summed E-state index contributed by atoms with van der Waals surface area (Å²) in [6.45, 7) is 16.5. The van der Waals surface area contributed by atoms with Crippen LogP contribution in [0.2, 0.25) is 0 Å². The molecule has 0 spiro atoms. The summed E-state index contributed by atoms with van der Waals surface area (Å²) in [6.07, 6.45) is 1.43. The Hall–Kier alpha value is -1.92. The third kappa shape index (κ3) is 11.6. The van der Waals surface area contributed by atoms with E-state index >= 15 is 0 Å². The van der Waals surface area contributed by atoms with E-state index in [2.05, 4.69) is 31.1 Å². The van der Waals surface area contributed by atoms with Crippen molar-refractivity contribution >= 4 is 11.9 Å². The average molecular weight is 298 g/mol. The van der Waals surface area contributed by atoms with Crippen LogP contribution in [0.1, 0.15) is 6.92 Å². The van der Waals surface area contributed by atoms with Crippen LogP contribution in [0.4, 0.5) is 0 Å². The lowest BCUT2D eigenvalue weighted by Gasteiger charge is -1.99. The predicted octanol–water partition coefficient (Wildman–Crippen LogP) is 1.42. The van der Waals surface area contributed by atoms with Gasteiger partial charge in [0.05, 0.1) is 13.2 Å². The maximum Gasteiger partial charge on any atom is 0.333 e. The van der Waals surface area contributed by atoms with Crippen molar-refractivity contribution in [2.24, 2.45) is 0 Å². The van der Waals surface area contributed by atoms with E-state index in [9.17, 15) is 9.59 Å².